The summed E-state index contributed by atoms with van der Waals surface area (Å²) in [4.78, 5) is 7.96. The summed E-state index contributed by atoms with van der Waals surface area (Å²) in [7, 11) is 3.29. The number of nitrogens with one attached hydrogen (secondary N) is 1. The molecule has 1 aromatic carbocycles. The van der Waals surface area contributed by atoms with Crippen molar-refractivity contribution in [3.63, 3.8) is 0 Å². The van der Waals surface area contributed by atoms with Gasteiger partial charge >= 0.3 is 0 Å². The lowest BCUT2D eigenvalue weighted by atomic mass is 10.1. The predicted octanol–water partition coefficient (Wildman–Crippen LogP) is 3.70. The Morgan fingerprint density at radius 3 is 2.47 bits per heavy atom. The van der Waals surface area contributed by atoms with Crippen molar-refractivity contribution >= 4 is 11.0 Å². The summed E-state index contributed by atoms with van der Waals surface area (Å²) in [6.07, 6.45) is 6.00. The number of ether oxygens (including phenoxy) is 2. The van der Waals surface area contributed by atoms with Gasteiger partial charge in [-0.25, -0.2) is 4.98 Å². The van der Waals surface area contributed by atoms with Gasteiger partial charge < -0.3 is 14.5 Å². The summed E-state index contributed by atoms with van der Waals surface area (Å²) in [6, 6.07) is 3.86. The molecule has 0 bridgehead atoms. The van der Waals surface area contributed by atoms with Crippen molar-refractivity contribution in [1.82, 2.24) is 9.97 Å². The van der Waals surface area contributed by atoms with Crippen LogP contribution in [0.3, 0.4) is 0 Å². The van der Waals surface area contributed by atoms with Gasteiger partial charge in [0.2, 0.25) is 0 Å². The van der Waals surface area contributed by atoms with Gasteiger partial charge in [-0.15, -0.1) is 0 Å². The Hall–Kier alpha value is -1.71. The first-order chi connectivity index (χ1) is 9.28. The molecule has 0 saturated heterocycles. The van der Waals surface area contributed by atoms with E-state index in [-0.39, 0.29) is 0 Å². The maximum Gasteiger partial charge on any atom is 0.163 e. The van der Waals surface area contributed by atoms with E-state index in [1.54, 1.807) is 14.2 Å². The normalized spacial score (nSPS) is 10.9. The number of nitrogens with zero attached hydrogens (tertiary/aromatic N) is 1. The fourth-order valence-electron chi connectivity index (χ4n) is 2.23. The number of imidazole rings is 1. The maximum atomic E-state index is 5.29. The number of hydrogen-bond donors (Lipinski definition) is 1. The summed E-state index contributed by atoms with van der Waals surface area (Å²) in [5.41, 5.74) is 1.94. The Kier molecular flexibility index (Phi) is 4.66. The van der Waals surface area contributed by atoms with Crippen molar-refractivity contribution < 1.29 is 9.47 Å². The molecule has 0 amide bonds. The molecule has 0 atom stereocenters. The van der Waals surface area contributed by atoms with Crippen LogP contribution in [0.1, 0.15) is 38.4 Å². The molecule has 1 aromatic heterocycles. The number of rotatable bonds is 7. The molecule has 0 spiro atoms. The number of aromatic nitrogens is 2. The van der Waals surface area contributed by atoms with Crippen LogP contribution in [0.15, 0.2) is 12.1 Å². The molecule has 19 heavy (non-hydrogen) atoms. The lowest BCUT2D eigenvalue weighted by molar-refractivity contribution is 0.356. The average Bonchev–Trinajstić information content (AvgIpc) is 2.83. The minimum Gasteiger partial charge on any atom is -0.493 e. The number of H-pyrrole nitrogens is 1. The number of fused-ring (bicyclic) bond motifs is 1. The van der Waals surface area contributed by atoms with E-state index in [9.17, 15) is 0 Å². The Labute approximate surface area is 114 Å². The predicted molar refractivity (Wildman–Crippen MR) is 77.0 cm³/mol. The molecule has 1 heterocycles. The van der Waals surface area contributed by atoms with E-state index < -0.39 is 0 Å². The summed E-state index contributed by atoms with van der Waals surface area (Å²) in [6.45, 7) is 2.22. The van der Waals surface area contributed by atoms with Crippen molar-refractivity contribution in [2.75, 3.05) is 14.2 Å². The fourth-order valence-corrected chi connectivity index (χ4v) is 2.23. The first kappa shape index (κ1) is 13.7. The third-order valence-electron chi connectivity index (χ3n) is 3.30. The molecular weight excluding hydrogens is 240 g/mol. The second-order valence-corrected chi connectivity index (χ2v) is 4.72. The van der Waals surface area contributed by atoms with Crippen LogP contribution < -0.4 is 9.47 Å². The number of benzene rings is 1. The number of aryl methyl sites for hydroxylation is 1. The molecule has 0 radical (unpaired) electrons. The van der Waals surface area contributed by atoms with Crippen molar-refractivity contribution in [2.24, 2.45) is 0 Å². The smallest absolute Gasteiger partial charge is 0.163 e. The van der Waals surface area contributed by atoms with Gasteiger partial charge in [0.1, 0.15) is 5.82 Å². The molecule has 4 nitrogen and oxygen atoms in total. The molecular formula is C15H22N2O2. The highest BCUT2D eigenvalue weighted by molar-refractivity contribution is 5.79. The molecule has 0 fully saturated rings. The van der Waals surface area contributed by atoms with Gasteiger partial charge in [0, 0.05) is 18.6 Å². The number of methoxy groups -OCH3 is 2. The lowest BCUT2D eigenvalue weighted by Gasteiger charge is -2.06. The molecule has 0 saturated carbocycles. The van der Waals surface area contributed by atoms with Gasteiger partial charge in [-0.2, -0.15) is 0 Å². The van der Waals surface area contributed by atoms with E-state index >= 15 is 0 Å². The van der Waals surface area contributed by atoms with E-state index in [2.05, 4.69) is 16.9 Å². The lowest BCUT2D eigenvalue weighted by Crippen LogP contribution is -1.89. The van der Waals surface area contributed by atoms with E-state index in [0.29, 0.717) is 0 Å². The van der Waals surface area contributed by atoms with Crippen molar-refractivity contribution in [2.45, 2.75) is 39.0 Å². The summed E-state index contributed by atoms with van der Waals surface area (Å²) in [5.74, 6) is 2.50. The van der Waals surface area contributed by atoms with Crippen molar-refractivity contribution in [1.29, 1.82) is 0 Å². The van der Waals surface area contributed by atoms with E-state index in [1.165, 1.54) is 25.7 Å². The standard InChI is InChI=1S/C15H22N2O2/c1-4-5-6-7-8-15-16-11-9-13(18-2)14(19-3)10-12(11)17-15/h9-10H,4-8H2,1-3H3,(H,16,17). The third-order valence-corrected chi connectivity index (χ3v) is 3.30. The molecule has 0 aliphatic heterocycles. The first-order valence-electron chi connectivity index (χ1n) is 6.89. The highest BCUT2D eigenvalue weighted by atomic mass is 16.5. The average molecular weight is 262 g/mol. The van der Waals surface area contributed by atoms with Crippen molar-refractivity contribution in [3.8, 4) is 11.5 Å². The van der Waals surface area contributed by atoms with Crippen molar-refractivity contribution in [3.05, 3.63) is 18.0 Å². The van der Waals surface area contributed by atoms with Gasteiger partial charge in [-0.05, 0) is 6.42 Å². The van der Waals surface area contributed by atoms with Gasteiger partial charge in [-0.1, -0.05) is 26.2 Å². The quantitative estimate of drug-likeness (QED) is 0.774. The van der Waals surface area contributed by atoms with Gasteiger partial charge in [0.15, 0.2) is 11.5 Å². The summed E-state index contributed by atoms with van der Waals surface area (Å²) >= 11 is 0. The molecule has 4 heteroatoms. The fraction of sp³-hybridized carbons (Fsp3) is 0.533. The number of aromatic amines is 1. The van der Waals surface area contributed by atoms with Crippen LogP contribution in [0.25, 0.3) is 11.0 Å². The van der Waals surface area contributed by atoms with Crippen LogP contribution in [-0.4, -0.2) is 24.2 Å². The van der Waals surface area contributed by atoms with Gasteiger partial charge in [0.05, 0.1) is 25.3 Å². The Balaban J connectivity index is 2.15. The van der Waals surface area contributed by atoms with Crippen LogP contribution in [-0.2, 0) is 6.42 Å². The van der Waals surface area contributed by atoms with Crippen LogP contribution in [0.4, 0.5) is 0 Å². The molecule has 0 unspecified atom stereocenters. The Morgan fingerprint density at radius 1 is 1.05 bits per heavy atom. The zero-order valence-corrected chi connectivity index (χ0v) is 12.0. The molecule has 2 rings (SSSR count). The second kappa shape index (κ2) is 6.45. The Morgan fingerprint density at radius 2 is 1.79 bits per heavy atom. The molecule has 104 valence electrons. The van der Waals surface area contributed by atoms with E-state index in [0.717, 1.165) is 34.8 Å². The molecule has 2 aromatic rings. The second-order valence-electron chi connectivity index (χ2n) is 4.72. The molecule has 0 aliphatic carbocycles. The van der Waals surface area contributed by atoms with E-state index in [1.807, 2.05) is 12.1 Å². The number of hydrogen-bond acceptors (Lipinski definition) is 3. The minimum absolute atomic E-state index is 0.721. The van der Waals surface area contributed by atoms with Crippen LogP contribution in [0, 0.1) is 0 Å². The Bertz CT molecular complexity index is 493. The maximum absolute atomic E-state index is 5.29. The zero-order chi connectivity index (χ0) is 13.7. The van der Waals surface area contributed by atoms with Crippen LogP contribution in [0.5, 0.6) is 11.5 Å². The van der Waals surface area contributed by atoms with E-state index in [4.69, 9.17) is 9.47 Å². The van der Waals surface area contributed by atoms with Gasteiger partial charge in [-0.3, -0.25) is 0 Å². The summed E-state index contributed by atoms with van der Waals surface area (Å²) in [5, 5.41) is 0. The monoisotopic (exact) mass is 262 g/mol. The molecule has 0 aliphatic rings. The third kappa shape index (κ3) is 3.19. The summed E-state index contributed by atoms with van der Waals surface area (Å²) < 4.78 is 10.6. The highest BCUT2D eigenvalue weighted by Gasteiger charge is 2.09. The number of unbranched alkanes of at least 4 members (excludes halogenated alkanes) is 3. The molecule has 1 N–H and O–H groups in total. The topological polar surface area (TPSA) is 47.1 Å². The minimum atomic E-state index is 0.721. The zero-order valence-electron chi connectivity index (χ0n) is 12.0. The van der Waals surface area contributed by atoms with Crippen LogP contribution >= 0.6 is 0 Å². The van der Waals surface area contributed by atoms with Gasteiger partial charge in [0.25, 0.3) is 0 Å². The SMILES string of the molecule is CCCCCCc1nc2cc(OC)c(OC)cc2[nH]1. The largest absolute Gasteiger partial charge is 0.493 e. The highest BCUT2D eigenvalue weighted by Crippen LogP contribution is 2.31. The van der Waals surface area contributed by atoms with Crippen LogP contribution in [0.2, 0.25) is 0 Å². The first-order valence-corrected chi connectivity index (χ1v) is 6.89.